The van der Waals surface area contributed by atoms with Crippen molar-refractivity contribution in [2.75, 3.05) is 0 Å². The second kappa shape index (κ2) is 7.17. The number of rotatable bonds is 4. The van der Waals surface area contributed by atoms with Gasteiger partial charge in [-0.1, -0.05) is 18.2 Å². The molecule has 0 atom stereocenters. The van der Waals surface area contributed by atoms with Crippen LogP contribution in [0.15, 0.2) is 59.2 Å². The first kappa shape index (κ1) is 16.6. The Balaban J connectivity index is 1.64. The molecule has 1 aliphatic carbocycles. The van der Waals surface area contributed by atoms with Crippen molar-refractivity contribution >= 4 is 5.91 Å². The first-order valence-electron chi connectivity index (χ1n) is 8.96. The molecule has 26 heavy (non-hydrogen) atoms. The van der Waals surface area contributed by atoms with Crippen molar-refractivity contribution in [1.29, 1.82) is 0 Å². The third-order valence-electron chi connectivity index (χ3n) is 4.82. The predicted molar refractivity (Wildman–Crippen MR) is 99.0 cm³/mol. The standard InChI is InChI=1S/C20H22N4O2/c21-14-8-10-15(11-9-14)22-20(25)18-13-17(19-7-4-12-26-19)23-24(18)16-5-2-1-3-6-16/h1-7,12-15H,8-11,21H2,(H,22,25). The van der Waals surface area contributed by atoms with E-state index in [0.29, 0.717) is 17.1 Å². The van der Waals surface area contributed by atoms with Crippen molar-refractivity contribution in [3.63, 3.8) is 0 Å². The van der Waals surface area contributed by atoms with Crippen LogP contribution in [0.5, 0.6) is 0 Å². The second-order valence-corrected chi connectivity index (χ2v) is 6.72. The van der Waals surface area contributed by atoms with Gasteiger partial charge in [-0.2, -0.15) is 5.10 Å². The van der Waals surface area contributed by atoms with Gasteiger partial charge < -0.3 is 15.5 Å². The lowest BCUT2D eigenvalue weighted by Crippen LogP contribution is -2.41. The highest BCUT2D eigenvalue weighted by Crippen LogP contribution is 2.23. The van der Waals surface area contributed by atoms with Crippen molar-refractivity contribution in [3.8, 4) is 17.1 Å². The van der Waals surface area contributed by atoms with E-state index in [-0.39, 0.29) is 18.0 Å². The summed E-state index contributed by atoms with van der Waals surface area (Å²) in [6.45, 7) is 0. The summed E-state index contributed by atoms with van der Waals surface area (Å²) < 4.78 is 7.11. The van der Waals surface area contributed by atoms with Gasteiger partial charge in [-0.15, -0.1) is 0 Å². The number of hydrogen-bond donors (Lipinski definition) is 2. The molecule has 1 aromatic carbocycles. The maximum atomic E-state index is 12.9. The van der Waals surface area contributed by atoms with Crippen LogP contribution in [0.2, 0.25) is 0 Å². The molecule has 4 rings (SSSR count). The van der Waals surface area contributed by atoms with E-state index >= 15 is 0 Å². The summed E-state index contributed by atoms with van der Waals surface area (Å²) in [4.78, 5) is 12.9. The van der Waals surface area contributed by atoms with Crippen LogP contribution in [0.4, 0.5) is 0 Å². The molecular formula is C20H22N4O2. The van der Waals surface area contributed by atoms with Gasteiger partial charge in [0.15, 0.2) is 5.76 Å². The number of benzene rings is 1. The normalized spacial score (nSPS) is 20.0. The van der Waals surface area contributed by atoms with Gasteiger partial charge in [0.1, 0.15) is 11.4 Å². The lowest BCUT2D eigenvalue weighted by molar-refractivity contribution is 0.0918. The van der Waals surface area contributed by atoms with Gasteiger partial charge in [0.05, 0.1) is 12.0 Å². The van der Waals surface area contributed by atoms with E-state index in [1.165, 1.54) is 0 Å². The number of nitrogens with zero attached hydrogens (tertiary/aromatic N) is 2. The molecule has 1 saturated carbocycles. The molecule has 1 amide bonds. The molecule has 1 aliphatic rings. The van der Waals surface area contributed by atoms with Gasteiger partial charge in [-0.25, -0.2) is 4.68 Å². The van der Waals surface area contributed by atoms with E-state index in [4.69, 9.17) is 10.2 Å². The Morgan fingerprint density at radius 3 is 2.58 bits per heavy atom. The summed E-state index contributed by atoms with van der Waals surface area (Å²) in [6, 6.07) is 15.5. The van der Waals surface area contributed by atoms with Crippen LogP contribution in [0.25, 0.3) is 17.1 Å². The quantitative estimate of drug-likeness (QED) is 0.757. The van der Waals surface area contributed by atoms with E-state index in [9.17, 15) is 4.79 Å². The SMILES string of the molecule is NC1CCC(NC(=O)c2cc(-c3ccco3)nn2-c2ccccc2)CC1. The number of furan rings is 1. The Morgan fingerprint density at radius 1 is 1.12 bits per heavy atom. The third-order valence-corrected chi connectivity index (χ3v) is 4.82. The summed E-state index contributed by atoms with van der Waals surface area (Å²) in [6.07, 6.45) is 5.32. The Kier molecular flexibility index (Phi) is 4.58. The number of nitrogens with two attached hydrogens (primary N) is 1. The second-order valence-electron chi connectivity index (χ2n) is 6.72. The maximum Gasteiger partial charge on any atom is 0.270 e. The molecule has 3 N–H and O–H groups in total. The smallest absolute Gasteiger partial charge is 0.270 e. The molecule has 0 spiro atoms. The van der Waals surface area contributed by atoms with E-state index in [0.717, 1.165) is 31.4 Å². The number of carbonyl (C=O) groups is 1. The van der Waals surface area contributed by atoms with Crippen molar-refractivity contribution in [2.45, 2.75) is 37.8 Å². The van der Waals surface area contributed by atoms with Crippen LogP contribution in [0.3, 0.4) is 0 Å². The van der Waals surface area contributed by atoms with Crippen LogP contribution in [-0.2, 0) is 0 Å². The number of hydrogen-bond acceptors (Lipinski definition) is 4. The zero-order valence-corrected chi connectivity index (χ0v) is 14.5. The van der Waals surface area contributed by atoms with Gasteiger partial charge in [-0.3, -0.25) is 4.79 Å². The maximum absolute atomic E-state index is 12.9. The van der Waals surface area contributed by atoms with Gasteiger partial charge in [0.25, 0.3) is 5.91 Å². The van der Waals surface area contributed by atoms with Crippen molar-refractivity contribution in [2.24, 2.45) is 5.73 Å². The number of aromatic nitrogens is 2. The van der Waals surface area contributed by atoms with Gasteiger partial charge in [-0.05, 0) is 49.9 Å². The minimum Gasteiger partial charge on any atom is -0.463 e. The number of carbonyl (C=O) groups excluding carboxylic acids is 1. The zero-order chi connectivity index (χ0) is 17.9. The lowest BCUT2D eigenvalue weighted by atomic mass is 9.92. The molecule has 0 radical (unpaired) electrons. The highest BCUT2D eigenvalue weighted by atomic mass is 16.3. The molecule has 1 fully saturated rings. The van der Waals surface area contributed by atoms with Crippen LogP contribution in [-0.4, -0.2) is 27.8 Å². The Labute approximate surface area is 152 Å². The van der Waals surface area contributed by atoms with Crippen LogP contribution in [0, 0.1) is 0 Å². The fraction of sp³-hybridized carbons (Fsp3) is 0.300. The van der Waals surface area contributed by atoms with Crippen molar-refractivity contribution in [3.05, 3.63) is 60.5 Å². The molecule has 2 aromatic heterocycles. The highest BCUT2D eigenvalue weighted by molar-refractivity contribution is 5.94. The fourth-order valence-corrected chi connectivity index (χ4v) is 3.38. The van der Waals surface area contributed by atoms with E-state index in [2.05, 4.69) is 10.4 Å². The average molecular weight is 350 g/mol. The third kappa shape index (κ3) is 3.41. The number of amides is 1. The monoisotopic (exact) mass is 350 g/mol. The average Bonchev–Trinajstić information content (AvgIpc) is 3.34. The molecule has 0 bridgehead atoms. The molecule has 3 aromatic rings. The van der Waals surface area contributed by atoms with Crippen LogP contribution < -0.4 is 11.1 Å². The van der Waals surface area contributed by atoms with Gasteiger partial charge >= 0.3 is 0 Å². The topological polar surface area (TPSA) is 86.1 Å². The Hall–Kier alpha value is -2.86. The molecule has 0 saturated heterocycles. The molecule has 134 valence electrons. The summed E-state index contributed by atoms with van der Waals surface area (Å²) in [5.41, 5.74) is 7.93. The van der Waals surface area contributed by atoms with Crippen molar-refractivity contribution < 1.29 is 9.21 Å². The highest BCUT2D eigenvalue weighted by Gasteiger charge is 2.24. The molecular weight excluding hydrogens is 328 g/mol. The first-order valence-corrected chi connectivity index (χ1v) is 8.96. The Morgan fingerprint density at radius 2 is 1.88 bits per heavy atom. The minimum atomic E-state index is -0.125. The van der Waals surface area contributed by atoms with E-state index in [1.807, 2.05) is 42.5 Å². The summed E-state index contributed by atoms with van der Waals surface area (Å²) in [7, 11) is 0. The molecule has 2 heterocycles. The van der Waals surface area contributed by atoms with E-state index < -0.39 is 0 Å². The molecule has 6 heteroatoms. The number of nitrogens with one attached hydrogen (secondary N) is 1. The lowest BCUT2D eigenvalue weighted by Gasteiger charge is -2.26. The molecule has 0 aliphatic heterocycles. The van der Waals surface area contributed by atoms with Crippen LogP contribution in [0.1, 0.15) is 36.2 Å². The molecule has 6 nitrogen and oxygen atoms in total. The molecule has 0 unspecified atom stereocenters. The first-order chi connectivity index (χ1) is 12.7. The van der Waals surface area contributed by atoms with Crippen LogP contribution >= 0.6 is 0 Å². The van der Waals surface area contributed by atoms with E-state index in [1.54, 1.807) is 17.0 Å². The van der Waals surface area contributed by atoms with Crippen molar-refractivity contribution in [1.82, 2.24) is 15.1 Å². The summed E-state index contributed by atoms with van der Waals surface area (Å²) in [5.74, 6) is 0.511. The van der Waals surface area contributed by atoms with Gasteiger partial charge in [0, 0.05) is 18.2 Å². The predicted octanol–water partition coefficient (Wildman–Crippen LogP) is 3.13. The zero-order valence-electron chi connectivity index (χ0n) is 14.5. The van der Waals surface area contributed by atoms with Gasteiger partial charge in [0.2, 0.25) is 0 Å². The Bertz CT molecular complexity index is 863. The summed E-state index contributed by atoms with van der Waals surface area (Å²) in [5, 5.41) is 7.73. The largest absolute Gasteiger partial charge is 0.463 e. The number of para-hydroxylation sites is 1. The fourth-order valence-electron chi connectivity index (χ4n) is 3.38. The minimum absolute atomic E-state index is 0.125. The summed E-state index contributed by atoms with van der Waals surface area (Å²) >= 11 is 0.